The molecule has 0 aromatic carbocycles. The van der Waals surface area contributed by atoms with Crippen molar-refractivity contribution in [2.75, 3.05) is 6.54 Å². The van der Waals surface area contributed by atoms with Crippen LogP contribution in [0.25, 0.3) is 0 Å². The molecule has 1 rings (SSSR count). The second-order valence-corrected chi connectivity index (χ2v) is 4.73. The summed E-state index contributed by atoms with van der Waals surface area (Å²) >= 11 is 0. The molecule has 1 aliphatic rings. The Kier molecular flexibility index (Phi) is 5.85. The van der Waals surface area contributed by atoms with Gasteiger partial charge in [-0.2, -0.15) is 0 Å². The number of terminal acetylenes is 1. The molecule has 120 valence electrons. The third-order valence-electron chi connectivity index (χ3n) is 3.23. The summed E-state index contributed by atoms with van der Waals surface area (Å²) in [6.07, 6.45) is 7.42. The van der Waals surface area contributed by atoms with E-state index in [0.717, 1.165) is 6.08 Å². The Labute approximate surface area is 134 Å². The molecule has 0 aromatic rings. The van der Waals surface area contributed by atoms with E-state index < -0.39 is 23.4 Å². The zero-order chi connectivity index (χ0) is 17.7. The van der Waals surface area contributed by atoms with Crippen molar-refractivity contribution in [3.8, 4) is 12.3 Å². The summed E-state index contributed by atoms with van der Waals surface area (Å²) in [5.74, 6) is 0.116. The minimum absolute atomic E-state index is 0.0590. The zero-order valence-electron chi connectivity index (χ0n) is 12.7. The molecule has 1 unspecified atom stereocenters. The normalized spacial score (nSPS) is 18.2. The van der Waals surface area contributed by atoms with Gasteiger partial charge >= 0.3 is 0 Å². The first-order chi connectivity index (χ1) is 10.8. The SMILES string of the molecule is C#C/C=C(/O)C1=C(CN)C(=O)C(C(C)O)=C(/C(N)=C\C=C)C1=O. The van der Waals surface area contributed by atoms with E-state index in [9.17, 15) is 19.8 Å². The van der Waals surface area contributed by atoms with Gasteiger partial charge in [0.25, 0.3) is 0 Å². The van der Waals surface area contributed by atoms with Crippen LogP contribution in [0.15, 0.2) is 58.6 Å². The molecular weight excluding hydrogens is 296 g/mol. The fourth-order valence-electron chi connectivity index (χ4n) is 2.29. The molecule has 6 N–H and O–H groups in total. The molecule has 0 spiro atoms. The maximum atomic E-state index is 12.7. The van der Waals surface area contributed by atoms with Crippen molar-refractivity contribution in [1.29, 1.82) is 0 Å². The molecule has 0 saturated heterocycles. The van der Waals surface area contributed by atoms with Gasteiger partial charge in [0, 0.05) is 29.5 Å². The van der Waals surface area contributed by atoms with Gasteiger partial charge in [0.2, 0.25) is 0 Å². The first-order valence-corrected chi connectivity index (χ1v) is 6.70. The van der Waals surface area contributed by atoms with E-state index in [0.29, 0.717) is 0 Å². The number of nitrogens with two attached hydrogens (primary N) is 2. The standard InChI is InChI=1S/C17H18N2O4/c1-4-6-11(19)15-13(9(3)20)16(22)10(8-18)14(17(15)23)12(21)7-5-2/h2,4,6-7,9,20-21H,1,8,18-19H2,3H3/b11-6+,12-7+. The van der Waals surface area contributed by atoms with Gasteiger partial charge in [-0.05, 0) is 13.0 Å². The molecule has 0 fully saturated rings. The van der Waals surface area contributed by atoms with Gasteiger partial charge in [-0.25, -0.2) is 0 Å². The summed E-state index contributed by atoms with van der Waals surface area (Å²) in [6.45, 7) is 4.49. The van der Waals surface area contributed by atoms with Crippen LogP contribution in [0.2, 0.25) is 0 Å². The van der Waals surface area contributed by atoms with E-state index in [1.165, 1.54) is 19.1 Å². The van der Waals surface area contributed by atoms with E-state index in [2.05, 4.69) is 12.5 Å². The zero-order valence-corrected chi connectivity index (χ0v) is 12.7. The van der Waals surface area contributed by atoms with Crippen LogP contribution in [0, 0.1) is 12.3 Å². The maximum Gasteiger partial charge on any atom is 0.199 e. The highest BCUT2D eigenvalue weighted by Crippen LogP contribution is 2.32. The Morgan fingerprint density at radius 1 is 1.39 bits per heavy atom. The van der Waals surface area contributed by atoms with Crippen molar-refractivity contribution >= 4 is 11.6 Å². The van der Waals surface area contributed by atoms with E-state index in [-0.39, 0.29) is 34.5 Å². The molecule has 0 aromatic heterocycles. The number of ketones is 2. The second-order valence-electron chi connectivity index (χ2n) is 4.73. The van der Waals surface area contributed by atoms with Crippen LogP contribution in [0.4, 0.5) is 0 Å². The number of carbonyl (C=O) groups is 2. The molecule has 0 amide bonds. The van der Waals surface area contributed by atoms with Crippen molar-refractivity contribution in [1.82, 2.24) is 0 Å². The van der Waals surface area contributed by atoms with Crippen molar-refractivity contribution < 1.29 is 19.8 Å². The van der Waals surface area contributed by atoms with Crippen molar-refractivity contribution in [2.45, 2.75) is 13.0 Å². The van der Waals surface area contributed by atoms with Crippen LogP contribution in [-0.2, 0) is 9.59 Å². The topological polar surface area (TPSA) is 127 Å². The molecule has 6 nitrogen and oxygen atoms in total. The number of allylic oxidation sites excluding steroid dienone is 5. The van der Waals surface area contributed by atoms with E-state index in [1.54, 1.807) is 0 Å². The molecule has 0 aliphatic heterocycles. The monoisotopic (exact) mass is 314 g/mol. The average Bonchev–Trinajstić information content (AvgIpc) is 2.48. The Bertz CT molecular complexity index is 728. The van der Waals surface area contributed by atoms with Crippen molar-refractivity contribution in [2.24, 2.45) is 11.5 Å². The minimum atomic E-state index is -1.25. The lowest BCUT2D eigenvalue weighted by molar-refractivity contribution is -0.117. The fraction of sp³-hybridized carbons (Fsp3) is 0.176. The van der Waals surface area contributed by atoms with Gasteiger partial charge in [-0.1, -0.05) is 18.6 Å². The summed E-state index contributed by atoms with van der Waals surface area (Å²) in [5, 5.41) is 19.9. The fourth-order valence-corrected chi connectivity index (χ4v) is 2.29. The first-order valence-electron chi connectivity index (χ1n) is 6.70. The molecule has 0 radical (unpaired) electrons. The highest BCUT2D eigenvalue weighted by molar-refractivity contribution is 6.28. The van der Waals surface area contributed by atoms with Crippen molar-refractivity contribution in [3.05, 3.63) is 58.6 Å². The average molecular weight is 314 g/mol. The Morgan fingerprint density at radius 3 is 2.43 bits per heavy atom. The Morgan fingerprint density at radius 2 is 2.00 bits per heavy atom. The molecular formula is C17H18N2O4. The van der Waals surface area contributed by atoms with Gasteiger partial charge in [-0.3, -0.25) is 9.59 Å². The predicted octanol–water partition coefficient (Wildman–Crippen LogP) is 0.175. The van der Waals surface area contributed by atoms with Crippen LogP contribution in [0.1, 0.15) is 6.92 Å². The van der Waals surface area contributed by atoms with Gasteiger partial charge in [0.05, 0.1) is 17.3 Å². The van der Waals surface area contributed by atoms with Crippen LogP contribution >= 0.6 is 0 Å². The number of rotatable bonds is 5. The van der Waals surface area contributed by atoms with E-state index >= 15 is 0 Å². The Balaban J connectivity index is 3.77. The number of aliphatic hydroxyl groups excluding tert-OH is 2. The number of carbonyl (C=O) groups excluding carboxylic acids is 2. The van der Waals surface area contributed by atoms with Gasteiger partial charge in [-0.15, -0.1) is 6.42 Å². The molecule has 1 aliphatic carbocycles. The van der Waals surface area contributed by atoms with E-state index in [1.807, 2.05) is 0 Å². The van der Waals surface area contributed by atoms with Crippen molar-refractivity contribution in [3.63, 3.8) is 0 Å². The smallest absolute Gasteiger partial charge is 0.199 e. The minimum Gasteiger partial charge on any atom is -0.506 e. The molecule has 0 saturated carbocycles. The van der Waals surface area contributed by atoms with Gasteiger partial charge in [0.15, 0.2) is 11.6 Å². The quantitative estimate of drug-likeness (QED) is 0.248. The van der Waals surface area contributed by atoms with E-state index in [4.69, 9.17) is 17.9 Å². The lowest BCUT2D eigenvalue weighted by Crippen LogP contribution is -2.34. The number of hydrogen-bond donors (Lipinski definition) is 4. The highest BCUT2D eigenvalue weighted by Gasteiger charge is 2.37. The summed E-state index contributed by atoms with van der Waals surface area (Å²) in [5.41, 5.74) is 10.5. The van der Waals surface area contributed by atoms with Crippen LogP contribution in [0.3, 0.4) is 0 Å². The van der Waals surface area contributed by atoms with Crippen LogP contribution in [0.5, 0.6) is 0 Å². The lowest BCUT2D eigenvalue weighted by Gasteiger charge is -2.24. The maximum absolute atomic E-state index is 12.7. The number of hydrogen-bond acceptors (Lipinski definition) is 6. The predicted molar refractivity (Wildman–Crippen MR) is 86.8 cm³/mol. The van der Waals surface area contributed by atoms with Gasteiger partial charge < -0.3 is 21.7 Å². The largest absolute Gasteiger partial charge is 0.506 e. The van der Waals surface area contributed by atoms with Crippen LogP contribution in [-0.4, -0.2) is 34.4 Å². The van der Waals surface area contributed by atoms with Gasteiger partial charge in [0.1, 0.15) is 5.76 Å². The third-order valence-corrected chi connectivity index (χ3v) is 3.23. The summed E-state index contributed by atoms with van der Waals surface area (Å²) in [7, 11) is 0. The summed E-state index contributed by atoms with van der Waals surface area (Å²) < 4.78 is 0. The highest BCUT2D eigenvalue weighted by atomic mass is 16.3. The molecule has 23 heavy (non-hydrogen) atoms. The van der Waals surface area contributed by atoms with Crippen LogP contribution < -0.4 is 11.5 Å². The lowest BCUT2D eigenvalue weighted by atomic mass is 9.80. The molecule has 6 heteroatoms. The molecule has 1 atom stereocenters. The molecule has 0 bridgehead atoms. The second kappa shape index (κ2) is 7.40. The number of aliphatic hydroxyl groups is 2. The summed E-state index contributed by atoms with van der Waals surface area (Å²) in [4.78, 5) is 25.3. The Hall–Kier alpha value is -2.88. The molecule has 0 heterocycles. The number of Topliss-reactive ketones (excluding diaryl/α,β-unsaturated/α-hetero) is 2. The summed E-state index contributed by atoms with van der Waals surface area (Å²) in [6, 6.07) is 0. The third kappa shape index (κ3) is 3.31. The first kappa shape index (κ1) is 18.2.